The Kier molecular flexibility index (Phi) is 8.40. The third kappa shape index (κ3) is 6.66. The van der Waals surface area contributed by atoms with Crippen molar-refractivity contribution in [1.82, 2.24) is 15.2 Å². The van der Waals surface area contributed by atoms with Crippen LogP contribution in [0.4, 0.5) is 10.6 Å². The van der Waals surface area contributed by atoms with E-state index in [0.717, 1.165) is 43.6 Å². The van der Waals surface area contributed by atoms with Crippen LogP contribution in [0.1, 0.15) is 69.8 Å². The SMILES string of the molecule is C1CCCCC1.O=C(O)NCc1ccnc(N2CCN(C3CCCC3)CC2)c1. The standard InChI is InChI=1S/C16H24N4O2.C6H12/c21-16(22)18-12-13-5-6-17-15(11-13)20-9-7-19(8-10-20)14-3-1-2-4-14;1-2-4-6-5-3-1/h5-6,11,14,18H,1-4,7-10,12H2,(H,21,22);1-6H2. The molecule has 2 saturated carbocycles. The fourth-order valence-electron chi connectivity index (χ4n) is 4.57. The lowest BCUT2D eigenvalue weighted by molar-refractivity contribution is 0.187. The number of anilines is 1. The number of rotatable bonds is 4. The summed E-state index contributed by atoms with van der Waals surface area (Å²) in [5.41, 5.74) is 0.950. The lowest BCUT2D eigenvalue weighted by Gasteiger charge is -2.38. The predicted octanol–water partition coefficient (Wildman–Crippen LogP) is 4.25. The zero-order valence-corrected chi connectivity index (χ0v) is 17.1. The first kappa shape index (κ1) is 20.9. The average molecular weight is 389 g/mol. The molecule has 0 unspecified atom stereocenters. The van der Waals surface area contributed by atoms with Crippen LogP contribution >= 0.6 is 0 Å². The maximum Gasteiger partial charge on any atom is 0.404 e. The summed E-state index contributed by atoms with van der Waals surface area (Å²) in [6.07, 6.45) is 15.2. The van der Waals surface area contributed by atoms with Gasteiger partial charge in [0.25, 0.3) is 0 Å². The first-order valence-electron chi connectivity index (χ1n) is 11.1. The van der Waals surface area contributed by atoms with Crippen molar-refractivity contribution in [3.63, 3.8) is 0 Å². The Morgan fingerprint density at radius 2 is 1.61 bits per heavy atom. The quantitative estimate of drug-likeness (QED) is 0.807. The number of carbonyl (C=O) groups is 1. The minimum absolute atomic E-state index is 0.326. The van der Waals surface area contributed by atoms with E-state index < -0.39 is 6.09 Å². The molecule has 0 bridgehead atoms. The van der Waals surface area contributed by atoms with E-state index in [1.165, 1.54) is 64.2 Å². The first-order chi connectivity index (χ1) is 13.7. The summed E-state index contributed by atoms with van der Waals surface area (Å²) in [5.74, 6) is 0.954. The number of aromatic nitrogens is 1. The molecular formula is C22H36N4O2. The van der Waals surface area contributed by atoms with Crippen LogP contribution in [0.25, 0.3) is 0 Å². The number of hydrogen-bond acceptors (Lipinski definition) is 4. The van der Waals surface area contributed by atoms with Crippen molar-refractivity contribution in [3.05, 3.63) is 23.9 Å². The molecule has 2 aliphatic carbocycles. The van der Waals surface area contributed by atoms with Gasteiger partial charge in [-0.25, -0.2) is 9.78 Å². The van der Waals surface area contributed by atoms with Crippen molar-refractivity contribution in [1.29, 1.82) is 0 Å². The van der Waals surface area contributed by atoms with Crippen LogP contribution in [0.15, 0.2) is 18.3 Å². The van der Waals surface area contributed by atoms with Crippen LogP contribution in [-0.4, -0.2) is 53.3 Å². The summed E-state index contributed by atoms with van der Waals surface area (Å²) >= 11 is 0. The molecule has 1 aromatic rings. The number of hydrogen-bond donors (Lipinski definition) is 2. The number of nitrogens with one attached hydrogen (secondary N) is 1. The van der Waals surface area contributed by atoms with Gasteiger partial charge in [0.05, 0.1) is 0 Å². The van der Waals surface area contributed by atoms with E-state index in [9.17, 15) is 4.79 Å². The molecule has 1 amide bonds. The molecule has 2 heterocycles. The van der Waals surface area contributed by atoms with Gasteiger partial charge < -0.3 is 15.3 Å². The highest BCUT2D eigenvalue weighted by Gasteiger charge is 2.26. The van der Waals surface area contributed by atoms with Gasteiger partial charge in [-0.3, -0.25) is 4.90 Å². The van der Waals surface area contributed by atoms with Crippen molar-refractivity contribution in [2.75, 3.05) is 31.1 Å². The molecule has 6 nitrogen and oxygen atoms in total. The monoisotopic (exact) mass is 388 g/mol. The minimum atomic E-state index is -0.997. The molecule has 0 spiro atoms. The fraction of sp³-hybridized carbons (Fsp3) is 0.727. The molecule has 3 fully saturated rings. The Bertz CT molecular complexity index is 580. The van der Waals surface area contributed by atoms with Crippen molar-refractivity contribution >= 4 is 11.9 Å². The second-order valence-corrected chi connectivity index (χ2v) is 8.26. The van der Waals surface area contributed by atoms with Crippen LogP contribution in [0.2, 0.25) is 0 Å². The summed E-state index contributed by atoms with van der Waals surface area (Å²) in [6.45, 7) is 4.53. The highest BCUT2D eigenvalue weighted by molar-refractivity contribution is 5.64. The van der Waals surface area contributed by atoms with Crippen LogP contribution in [0.5, 0.6) is 0 Å². The molecule has 6 heteroatoms. The van der Waals surface area contributed by atoms with Gasteiger partial charge in [-0.1, -0.05) is 51.4 Å². The lowest BCUT2D eigenvalue weighted by Crippen LogP contribution is -2.50. The molecule has 0 atom stereocenters. The molecule has 156 valence electrons. The third-order valence-electron chi connectivity index (χ3n) is 6.23. The number of amides is 1. The zero-order valence-electron chi connectivity index (χ0n) is 17.1. The summed E-state index contributed by atoms with van der Waals surface area (Å²) < 4.78 is 0. The van der Waals surface area contributed by atoms with Crippen LogP contribution in [0.3, 0.4) is 0 Å². The van der Waals surface area contributed by atoms with Gasteiger partial charge in [-0.15, -0.1) is 0 Å². The summed E-state index contributed by atoms with van der Waals surface area (Å²) in [5, 5.41) is 11.1. The largest absolute Gasteiger partial charge is 0.465 e. The highest BCUT2D eigenvalue weighted by Crippen LogP contribution is 2.25. The molecule has 4 rings (SSSR count). The van der Waals surface area contributed by atoms with E-state index in [-0.39, 0.29) is 0 Å². The smallest absolute Gasteiger partial charge is 0.404 e. The Morgan fingerprint density at radius 3 is 2.18 bits per heavy atom. The van der Waals surface area contributed by atoms with E-state index in [0.29, 0.717) is 6.54 Å². The molecular weight excluding hydrogens is 352 g/mol. The van der Waals surface area contributed by atoms with Crippen LogP contribution in [0, 0.1) is 0 Å². The summed E-state index contributed by atoms with van der Waals surface area (Å²) in [6, 6.07) is 4.64. The molecule has 0 aromatic carbocycles. The van der Waals surface area contributed by atoms with E-state index >= 15 is 0 Å². The summed E-state index contributed by atoms with van der Waals surface area (Å²) in [4.78, 5) is 19.9. The van der Waals surface area contributed by atoms with Crippen molar-refractivity contribution in [2.45, 2.75) is 76.8 Å². The second kappa shape index (κ2) is 11.2. The highest BCUT2D eigenvalue weighted by atomic mass is 16.4. The second-order valence-electron chi connectivity index (χ2n) is 8.26. The molecule has 0 radical (unpaired) electrons. The van der Waals surface area contributed by atoms with Gasteiger partial charge in [0.15, 0.2) is 0 Å². The minimum Gasteiger partial charge on any atom is -0.465 e. The van der Waals surface area contributed by atoms with Gasteiger partial charge >= 0.3 is 6.09 Å². The topological polar surface area (TPSA) is 68.7 Å². The van der Waals surface area contributed by atoms with Gasteiger partial charge in [-0.05, 0) is 30.5 Å². The Labute approximate surface area is 169 Å². The van der Waals surface area contributed by atoms with E-state index in [1.807, 2.05) is 12.1 Å². The predicted molar refractivity (Wildman–Crippen MR) is 113 cm³/mol. The molecule has 2 N–H and O–H groups in total. The van der Waals surface area contributed by atoms with Crippen LogP contribution in [-0.2, 0) is 6.54 Å². The fourth-order valence-corrected chi connectivity index (χ4v) is 4.57. The maximum absolute atomic E-state index is 10.6. The number of carboxylic acid groups (broad SMARTS) is 1. The van der Waals surface area contributed by atoms with E-state index in [1.54, 1.807) is 6.20 Å². The molecule has 3 aliphatic rings. The van der Waals surface area contributed by atoms with Crippen LogP contribution < -0.4 is 10.2 Å². The lowest BCUT2D eigenvalue weighted by atomic mass is 10.0. The number of piperazine rings is 1. The van der Waals surface area contributed by atoms with Gasteiger partial charge in [-0.2, -0.15) is 0 Å². The van der Waals surface area contributed by atoms with E-state index in [2.05, 4.69) is 20.1 Å². The molecule has 1 saturated heterocycles. The Morgan fingerprint density at radius 1 is 1.00 bits per heavy atom. The molecule has 28 heavy (non-hydrogen) atoms. The Balaban J connectivity index is 0.000000320. The van der Waals surface area contributed by atoms with Crippen molar-refractivity contribution in [2.24, 2.45) is 0 Å². The first-order valence-corrected chi connectivity index (χ1v) is 11.1. The molecule has 1 aromatic heterocycles. The van der Waals surface area contributed by atoms with Crippen molar-refractivity contribution in [3.8, 4) is 0 Å². The van der Waals surface area contributed by atoms with E-state index in [4.69, 9.17) is 5.11 Å². The molecule has 1 aliphatic heterocycles. The van der Waals surface area contributed by atoms with Gasteiger partial charge in [0, 0.05) is 45.0 Å². The Hall–Kier alpha value is -1.82. The number of nitrogens with zero attached hydrogens (tertiary/aromatic N) is 3. The normalized spacial score (nSPS) is 21.1. The third-order valence-corrected chi connectivity index (χ3v) is 6.23. The zero-order chi connectivity index (χ0) is 19.6. The maximum atomic E-state index is 10.6. The van der Waals surface area contributed by atoms with Gasteiger partial charge in [0.2, 0.25) is 0 Å². The number of pyridine rings is 1. The van der Waals surface area contributed by atoms with Gasteiger partial charge in [0.1, 0.15) is 5.82 Å². The summed E-state index contributed by atoms with van der Waals surface area (Å²) in [7, 11) is 0. The average Bonchev–Trinajstić information content (AvgIpc) is 3.29. The van der Waals surface area contributed by atoms with Crippen molar-refractivity contribution < 1.29 is 9.90 Å².